The Morgan fingerprint density at radius 1 is 1.22 bits per heavy atom. The molecule has 0 spiro atoms. The standard InChI is InChI=1S/C12H7ClFN3S/c1-6-2-3-7(14)9(16-6)12-17-10-8(18-12)4-5-15-11(10)13/h2-5H,1H3. The second-order valence-electron chi connectivity index (χ2n) is 3.75. The summed E-state index contributed by atoms with van der Waals surface area (Å²) in [5.41, 5.74) is 1.59. The normalized spacial score (nSPS) is 11.1. The number of thiazole rings is 1. The second-order valence-corrected chi connectivity index (χ2v) is 5.14. The number of hydrogen-bond acceptors (Lipinski definition) is 4. The highest BCUT2D eigenvalue weighted by molar-refractivity contribution is 7.21. The molecule has 18 heavy (non-hydrogen) atoms. The van der Waals surface area contributed by atoms with Crippen LogP contribution >= 0.6 is 22.9 Å². The van der Waals surface area contributed by atoms with Crippen LogP contribution in [0.4, 0.5) is 4.39 Å². The molecular weight excluding hydrogens is 273 g/mol. The van der Waals surface area contributed by atoms with Crippen molar-refractivity contribution in [2.45, 2.75) is 6.92 Å². The van der Waals surface area contributed by atoms with Gasteiger partial charge in [0.25, 0.3) is 0 Å². The zero-order chi connectivity index (χ0) is 12.7. The number of halogens is 2. The fraction of sp³-hybridized carbons (Fsp3) is 0.0833. The van der Waals surface area contributed by atoms with Gasteiger partial charge in [-0.05, 0) is 25.1 Å². The number of aryl methyl sites for hydroxylation is 1. The maximum Gasteiger partial charge on any atom is 0.156 e. The molecule has 3 aromatic rings. The molecule has 0 amide bonds. The monoisotopic (exact) mass is 279 g/mol. The Bertz CT molecular complexity index is 741. The first-order chi connectivity index (χ1) is 8.65. The zero-order valence-electron chi connectivity index (χ0n) is 9.32. The Balaban J connectivity index is 2.26. The van der Waals surface area contributed by atoms with Gasteiger partial charge in [0.1, 0.15) is 16.2 Å². The van der Waals surface area contributed by atoms with E-state index in [1.165, 1.54) is 17.4 Å². The average molecular weight is 280 g/mol. The van der Waals surface area contributed by atoms with Gasteiger partial charge in [-0.1, -0.05) is 11.6 Å². The van der Waals surface area contributed by atoms with Gasteiger partial charge in [0.05, 0.1) is 4.70 Å². The van der Waals surface area contributed by atoms with Crippen LogP contribution in [0, 0.1) is 12.7 Å². The maximum absolute atomic E-state index is 13.7. The van der Waals surface area contributed by atoms with E-state index in [1.807, 2.05) is 6.92 Å². The molecule has 0 aliphatic rings. The van der Waals surface area contributed by atoms with Crippen molar-refractivity contribution in [3.05, 3.63) is 41.1 Å². The van der Waals surface area contributed by atoms with Crippen LogP contribution in [0.1, 0.15) is 5.69 Å². The van der Waals surface area contributed by atoms with Crippen LogP contribution in [-0.4, -0.2) is 15.0 Å². The van der Waals surface area contributed by atoms with Crippen LogP contribution in [0.5, 0.6) is 0 Å². The fourth-order valence-electron chi connectivity index (χ4n) is 1.62. The first-order valence-corrected chi connectivity index (χ1v) is 6.39. The summed E-state index contributed by atoms with van der Waals surface area (Å²) in [5.74, 6) is -0.385. The van der Waals surface area contributed by atoms with Crippen molar-refractivity contribution in [3.63, 3.8) is 0 Å². The largest absolute Gasteiger partial charge is 0.247 e. The fourth-order valence-corrected chi connectivity index (χ4v) is 2.82. The minimum atomic E-state index is -0.385. The molecular formula is C12H7ClFN3S. The molecule has 0 bridgehead atoms. The number of rotatable bonds is 1. The van der Waals surface area contributed by atoms with E-state index in [2.05, 4.69) is 15.0 Å². The third-order valence-electron chi connectivity index (χ3n) is 2.45. The molecule has 0 saturated carbocycles. The van der Waals surface area contributed by atoms with Gasteiger partial charge in [-0.3, -0.25) is 0 Å². The highest BCUT2D eigenvalue weighted by atomic mass is 35.5. The van der Waals surface area contributed by atoms with Crippen LogP contribution < -0.4 is 0 Å². The van der Waals surface area contributed by atoms with Gasteiger partial charge in [-0.15, -0.1) is 11.3 Å². The van der Waals surface area contributed by atoms with E-state index in [0.29, 0.717) is 15.7 Å². The van der Waals surface area contributed by atoms with Gasteiger partial charge in [0.15, 0.2) is 11.0 Å². The molecule has 0 N–H and O–H groups in total. The van der Waals surface area contributed by atoms with E-state index in [1.54, 1.807) is 18.3 Å². The molecule has 0 fully saturated rings. The third-order valence-corrected chi connectivity index (χ3v) is 3.75. The number of pyridine rings is 2. The van der Waals surface area contributed by atoms with Gasteiger partial charge < -0.3 is 0 Å². The SMILES string of the molecule is Cc1ccc(F)c(-c2nc3c(Cl)nccc3s2)n1. The van der Waals surface area contributed by atoms with Crippen molar-refractivity contribution in [3.8, 4) is 10.7 Å². The van der Waals surface area contributed by atoms with Crippen LogP contribution in [0.3, 0.4) is 0 Å². The van der Waals surface area contributed by atoms with E-state index in [0.717, 1.165) is 10.4 Å². The first kappa shape index (κ1) is 11.5. The minimum Gasteiger partial charge on any atom is -0.247 e. The molecule has 0 saturated heterocycles. The van der Waals surface area contributed by atoms with Gasteiger partial charge in [0.2, 0.25) is 0 Å². The molecule has 6 heteroatoms. The summed E-state index contributed by atoms with van der Waals surface area (Å²) >= 11 is 7.30. The molecule has 3 nitrogen and oxygen atoms in total. The third kappa shape index (κ3) is 1.85. The van der Waals surface area contributed by atoms with Crippen LogP contribution in [0.25, 0.3) is 20.9 Å². The lowest BCUT2D eigenvalue weighted by Gasteiger charge is -1.98. The van der Waals surface area contributed by atoms with Crippen molar-refractivity contribution in [1.29, 1.82) is 0 Å². The quantitative estimate of drug-likeness (QED) is 0.635. The van der Waals surface area contributed by atoms with Crippen molar-refractivity contribution in [2.24, 2.45) is 0 Å². The van der Waals surface area contributed by atoms with Crippen molar-refractivity contribution in [2.75, 3.05) is 0 Å². The molecule has 0 unspecified atom stereocenters. The lowest BCUT2D eigenvalue weighted by atomic mass is 10.3. The molecule has 3 aromatic heterocycles. The Kier molecular flexibility index (Phi) is 2.72. The molecule has 0 atom stereocenters. The van der Waals surface area contributed by atoms with Crippen LogP contribution in [0.15, 0.2) is 24.4 Å². The van der Waals surface area contributed by atoms with Crippen molar-refractivity contribution in [1.82, 2.24) is 15.0 Å². The van der Waals surface area contributed by atoms with E-state index >= 15 is 0 Å². The van der Waals surface area contributed by atoms with Gasteiger partial charge in [0, 0.05) is 11.9 Å². The number of hydrogen-bond donors (Lipinski definition) is 0. The smallest absolute Gasteiger partial charge is 0.156 e. The molecule has 3 heterocycles. The summed E-state index contributed by atoms with van der Waals surface area (Å²) in [6, 6.07) is 4.82. The summed E-state index contributed by atoms with van der Waals surface area (Å²) in [5, 5.41) is 0.837. The summed E-state index contributed by atoms with van der Waals surface area (Å²) < 4.78 is 14.6. The topological polar surface area (TPSA) is 38.7 Å². The molecule has 0 aromatic carbocycles. The molecule has 3 rings (SSSR count). The van der Waals surface area contributed by atoms with Gasteiger partial charge in [-0.25, -0.2) is 19.3 Å². The second kappa shape index (κ2) is 4.26. The molecule has 90 valence electrons. The van der Waals surface area contributed by atoms with E-state index in [-0.39, 0.29) is 11.5 Å². The Hall–Kier alpha value is -1.59. The molecule has 0 aliphatic heterocycles. The number of aromatic nitrogens is 3. The summed E-state index contributed by atoms with van der Waals surface area (Å²) in [6.45, 7) is 1.81. The van der Waals surface area contributed by atoms with E-state index < -0.39 is 0 Å². The number of nitrogens with zero attached hydrogens (tertiary/aromatic N) is 3. The average Bonchev–Trinajstić information content (AvgIpc) is 2.77. The maximum atomic E-state index is 13.7. The number of fused-ring (bicyclic) bond motifs is 1. The van der Waals surface area contributed by atoms with Gasteiger partial charge in [-0.2, -0.15) is 0 Å². The van der Waals surface area contributed by atoms with Crippen molar-refractivity contribution >= 4 is 33.2 Å². The lowest BCUT2D eigenvalue weighted by Crippen LogP contribution is -1.90. The Morgan fingerprint density at radius 3 is 2.83 bits per heavy atom. The Labute approximate surface area is 111 Å². The Morgan fingerprint density at radius 2 is 2.06 bits per heavy atom. The highest BCUT2D eigenvalue weighted by Crippen LogP contribution is 2.32. The van der Waals surface area contributed by atoms with Gasteiger partial charge >= 0.3 is 0 Å². The first-order valence-electron chi connectivity index (χ1n) is 5.20. The lowest BCUT2D eigenvalue weighted by molar-refractivity contribution is 0.624. The molecule has 0 radical (unpaired) electrons. The zero-order valence-corrected chi connectivity index (χ0v) is 10.9. The predicted octanol–water partition coefficient (Wildman–Crippen LogP) is 3.85. The van der Waals surface area contributed by atoms with Crippen LogP contribution in [-0.2, 0) is 0 Å². The van der Waals surface area contributed by atoms with E-state index in [4.69, 9.17) is 11.6 Å². The van der Waals surface area contributed by atoms with Crippen molar-refractivity contribution < 1.29 is 4.39 Å². The molecule has 0 aliphatic carbocycles. The highest BCUT2D eigenvalue weighted by Gasteiger charge is 2.14. The predicted molar refractivity (Wildman–Crippen MR) is 70.4 cm³/mol. The van der Waals surface area contributed by atoms with Crippen LogP contribution in [0.2, 0.25) is 5.15 Å². The van der Waals surface area contributed by atoms with E-state index in [9.17, 15) is 4.39 Å². The summed E-state index contributed by atoms with van der Waals surface area (Å²) in [4.78, 5) is 12.4. The summed E-state index contributed by atoms with van der Waals surface area (Å²) in [6.07, 6.45) is 1.60. The minimum absolute atomic E-state index is 0.257. The summed E-state index contributed by atoms with van der Waals surface area (Å²) in [7, 11) is 0.